The molecule has 6 rings (SSSR count). The zero-order chi connectivity index (χ0) is 26.7. The molecule has 1 N–H and O–H groups in total. The van der Waals surface area contributed by atoms with Gasteiger partial charge in [-0.05, 0) is 48.4 Å². The number of tetrazole rings is 1. The van der Waals surface area contributed by atoms with Crippen LogP contribution in [-0.4, -0.2) is 48.7 Å². The molecule has 192 valence electrons. The highest BCUT2D eigenvalue weighted by Crippen LogP contribution is 2.33. The van der Waals surface area contributed by atoms with E-state index in [4.69, 9.17) is 16.6 Å². The Morgan fingerprint density at radius 2 is 1.89 bits per heavy atom. The fourth-order valence-electron chi connectivity index (χ4n) is 4.85. The highest BCUT2D eigenvalue weighted by atomic mass is 35.5. The second-order valence-electron chi connectivity index (χ2n) is 9.29. The number of nitrogens with one attached hydrogen (secondary N) is 1. The molecule has 0 aliphatic carbocycles. The zero-order valence-corrected chi connectivity index (χ0v) is 22.1. The summed E-state index contributed by atoms with van der Waals surface area (Å²) in [5, 5.41) is 16.8. The predicted octanol–water partition coefficient (Wildman–Crippen LogP) is 3.31. The van der Waals surface area contributed by atoms with Gasteiger partial charge in [0.05, 0.1) is 47.9 Å². The van der Waals surface area contributed by atoms with E-state index in [1.807, 2.05) is 42.0 Å². The summed E-state index contributed by atoms with van der Waals surface area (Å²) in [6.45, 7) is 4.01. The number of nitrogens with zero attached hydrogens (tertiary/aromatic N) is 10. The van der Waals surface area contributed by atoms with Gasteiger partial charge in [-0.2, -0.15) is 4.80 Å². The number of aromatic nitrogens is 10. The Hall–Kier alpha value is -4.58. The lowest BCUT2D eigenvalue weighted by atomic mass is 10.0. The molecule has 0 aliphatic heterocycles. The molecule has 1 atom stereocenters. The minimum atomic E-state index is -0.242. The lowest BCUT2D eigenvalue weighted by Crippen LogP contribution is -2.21. The summed E-state index contributed by atoms with van der Waals surface area (Å²) in [5.74, 6) is 0.352. The summed E-state index contributed by atoms with van der Waals surface area (Å²) < 4.78 is 5.49. The van der Waals surface area contributed by atoms with Gasteiger partial charge in [0.25, 0.3) is 5.56 Å². The molecule has 6 aromatic rings. The molecule has 0 saturated heterocycles. The number of benzene rings is 1. The summed E-state index contributed by atoms with van der Waals surface area (Å²) in [6.07, 6.45) is 5.21. The van der Waals surface area contributed by atoms with Gasteiger partial charge in [-0.15, -0.1) is 10.2 Å². The van der Waals surface area contributed by atoms with Crippen molar-refractivity contribution >= 4 is 33.8 Å². The molecule has 5 heterocycles. The summed E-state index contributed by atoms with van der Waals surface area (Å²) in [5.41, 5.74) is 5.90. The third kappa shape index (κ3) is 3.72. The van der Waals surface area contributed by atoms with Crippen molar-refractivity contribution in [2.24, 2.45) is 21.1 Å². The number of imidazole rings is 2. The van der Waals surface area contributed by atoms with Crippen LogP contribution in [0.5, 0.6) is 0 Å². The lowest BCUT2D eigenvalue weighted by molar-refractivity contribution is 0.630. The average Bonchev–Trinajstić information content (AvgIpc) is 3.62. The van der Waals surface area contributed by atoms with Gasteiger partial charge in [0.15, 0.2) is 0 Å². The van der Waals surface area contributed by atoms with Gasteiger partial charge in [-0.3, -0.25) is 13.8 Å². The van der Waals surface area contributed by atoms with E-state index in [-0.39, 0.29) is 11.6 Å². The number of pyridine rings is 1. The second-order valence-corrected chi connectivity index (χ2v) is 9.68. The van der Waals surface area contributed by atoms with Crippen LogP contribution in [0.1, 0.15) is 24.1 Å². The fourth-order valence-corrected chi connectivity index (χ4v) is 5.00. The maximum atomic E-state index is 13.6. The zero-order valence-electron chi connectivity index (χ0n) is 21.4. The van der Waals surface area contributed by atoms with Crippen molar-refractivity contribution in [1.82, 2.24) is 48.7 Å². The van der Waals surface area contributed by atoms with E-state index in [1.165, 1.54) is 4.80 Å². The lowest BCUT2D eigenvalue weighted by Gasteiger charge is -2.21. The molecule has 0 spiro atoms. The van der Waals surface area contributed by atoms with Crippen LogP contribution in [0.25, 0.3) is 39.5 Å². The van der Waals surface area contributed by atoms with Crippen LogP contribution in [0.4, 0.5) is 5.69 Å². The highest BCUT2D eigenvalue weighted by molar-refractivity contribution is 6.29. The van der Waals surface area contributed by atoms with Crippen molar-refractivity contribution in [2.75, 3.05) is 5.32 Å². The van der Waals surface area contributed by atoms with Crippen LogP contribution in [0.15, 0.2) is 47.9 Å². The molecular formula is C25H24ClN11O. The van der Waals surface area contributed by atoms with Gasteiger partial charge in [0.2, 0.25) is 5.82 Å². The Balaban J connectivity index is 1.55. The molecule has 0 saturated carbocycles. The SMILES string of the molecule is Cc1cc(C(C)Nc2ccc(Cl)nc2-c2nnn(C)n2)c2c(c1)c(=O)n(C)c1c(-c3cncn3C)ncn21. The Morgan fingerprint density at radius 1 is 1.08 bits per heavy atom. The maximum Gasteiger partial charge on any atom is 0.261 e. The Bertz CT molecular complexity index is 1910. The molecule has 1 aromatic carbocycles. The summed E-state index contributed by atoms with van der Waals surface area (Å²) in [4.78, 5) is 28.4. The Kier molecular flexibility index (Phi) is 5.49. The van der Waals surface area contributed by atoms with Gasteiger partial charge >= 0.3 is 0 Å². The van der Waals surface area contributed by atoms with Crippen LogP contribution in [0.2, 0.25) is 5.15 Å². The summed E-state index contributed by atoms with van der Waals surface area (Å²) >= 11 is 6.20. The highest BCUT2D eigenvalue weighted by Gasteiger charge is 2.22. The number of fused-ring (bicyclic) bond motifs is 3. The number of hydrogen-bond donors (Lipinski definition) is 1. The molecule has 38 heavy (non-hydrogen) atoms. The van der Waals surface area contributed by atoms with Crippen LogP contribution in [-0.2, 0) is 21.1 Å². The van der Waals surface area contributed by atoms with E-state index in [0.29, 0.717) is 39.1 Å². The molecule has 12 nitrogen and oxygen atoms in total. The smallest absolute Gasteiger partial charge is 0.261 e. The number of aryl methyl sites for hydroxylation is 4. The first kappa shape index (κ1) is 23.8. The van der Waals surface area contributed by atoms with Crippen LogP contribution in [0.3, 0.4) is 0 Å². The van der Waals surface area contributed by atoms with Gasteiger partial charge in [-0.25, -0.2) is 15.0 Å². The molecule has 0 amide bonds. The van der Waals surface area contributed by atoms with Gasteiger partial charge in [0, 0.05) is 14.1 Å². The summed E-state index contributed by atoms with van der Waals surface area (Å²) in [6, 6.07) is 7.28. The molecule has 1 unspecified atom stereocenters. The van der Waals surface area contributed by atoms with Gasteiger partial charge in [-0.1, -0.05) is 17.7 Å². The van der Waals surface area contributed by atoms with Crippen molar-refractivity contribution in [2.45, 2.75) is 19.9 Å². The van der Waals surface area contributed by atoms with Crippen molar-refractivity contribution < 1.29 is 0 Å². The third-order valence-corrected chi connectivity index (χ3v) is 6.81. The van der Waals surface area contributed by atoms with E-state index in [0.717, 1.165) is 22.3 Å². The maximum absolute atomic E-state index is 13.6. The quantitative estimate of drug-likeness (QED) is 0.337. The number of anilines is 1. The summed E-state index contributed by atoms with van der Waals surface area (Å²) in [7, 11) is 5.35. The minimum absolute atomic E-state index is 0.105. The van der Waals surface area contributed by atoms with Gasteiger partial charge in [0.1, 0.15) is 28.5 Å². The van der Waals surface area contributed by atoms with E-state index in [9.17, 15) is 4.79 Å². The number of hydrogen-bond acceptors (Lipinski definition) is 8. The molecule has 0 radical (unpaired) electrons. The molecule has 0 aliphatic rings. The average molecular weight is 530 g/mol. The number of halogens is 1. The fraction of sp³-hybridized carbons (Fsp3) is 0.240. The monoisotopic (exact) mass is 529 g/mol. The van der Waals surface area contributed by atoms with Crippen LogP contribution >= 0.6 is 11.6 Å². The van der Waals surface area contributed by atoms with Crippen molar-refractivity contribution in [3.63, 3.8) is 0 Å². The van der Waals surface area contributed by atoms with E-state index in [1.54, 1.807) is 43.6 Å². The first-order chi connectivity index (χ1) is 18.2. The largest absolute Gasteiger partial charge is 0.377 e. The van der Waals surface area contributed by atoms with E-state index < -0.39 is 0 Å². The van der Waals surface area contributed by atoms with Gasteiger partial charge < -0.3 is 9.88 Å². The van der Waals surface area contributed by atoms with Crippen molar-refractivity contribution in [1.29, 1.82) is 0 Å². The van der Waals surface area contributed by atoms with Crippen molar-refractivity contribution in [3.8, 4) is 22.9 Å². The second kappa shape index (κ2) is 8.77. The predicted molar refractivity (Wildman–Crippen MR) is 144 cm³/mol. The standard InChI is InChI=1S/C25H24ClN11O/c1-13-8-15(14(2)29-17-6-7-19(26)30-20(17)23-31-33-36(5)32-23)22-16(9-13)25(38)35(4)24-21(28-12-37(22)24)18-10-27-11-34(18)3/h6-12,14,29H,1-5H3. The van der Waals surface area contributed by atoms with E-state index >= 15 is 0 Å². The Morgan fingerprint density at radius 3 is 2.61 bits per heavy atom. The number of rotatable bonds is 5. The molecule has 0 bridgehead atoms. The molecule has 5 aromatic heterocycles. The van der Waals surface area contributed by atoms with E-state index in [2.05, 4.69) is 36.8 Å². The minimum Gasteiger partial charge on any atom is -0.377 e. The normalized spacial score (nSPS) is 12.5. The Labute approximate surface area is 221 Å². The molecular weight excluding hydrogens is 506 g/mol. The first-order valence-electron chi connectivity index (χ1n) is 11.9. The molecule has 13 heteroatoms. The van der Waals surface area contributed by atoms with Crippen molar-refractivity contribution in [3.05, 3.63) is 69.8 Å². The van der Waals surface area contributed by atoms with Crippen LogP contribution in [0, 0.1) is 6.92 Å². The topological polar surface area (TPSA) is 126 Å². The first-order valence-corrected chi connectivity index (χ1v) is 12.2. The molecule has 0 fully saturated rings. The van der Waals surface area contributed by atoms with Crippen LogP contribution < -0.4 is 10.9 Å². The third-order valence-electron chi connectivity index (χ3n) is 6.60.